The van der Waals surface area contributed by atoms with Gasteiger partial charge in [0.1, 0.15) is 12.1 Å². The molecule has 0 aromatic carbocycles. The van der Waals surface area contributed by atoms with Crippen LogP contribution in [-0.2, 0) is 14.3 Å². The van der Waals surface area contributed by atoms with Crippen LogP contribution >= 0.6 is 0 Å². The molecule has 7 nitrogen and oxygen atoms in total. The van der Waals surface area contributed by atoms with Crippen LogP contribution in [0, 0.1) is 5.92 Å². The number of nitrogens with zero attached hydrogens (tertiary/aromatic N) is 1. The standard InChI is InChI=1S/C18H31N3O4/c1-13(2)6-7-16(23)21-10-8-14(9-11-21)20-15(22)12-19-17(24)25-18(3,4)5/h6-7,13-14H,8-12H2,1-5H3,(H,19,24)(H,20,22)/b7-6+. The van der Waals surface area contributed by atoms with Crippen LogP contribution in [0.25, 0.3) is 0 Å². The maximum absolute atomic E-state index is 12.0. The molecule has 1 aliphatic rings. The van der Waals surface area contributed by atoms with Crippen molar-refractivity contribution >= 4 is 17.9 Å². The molecule has 0 aromatic rings. The number of carbonyl (C=O) groups is 3. The first-order chi connectivity index (χ1) is 11.6. The second kappa shape index (κ2) is 9.44. The van der Waals surface area contributed by atoms with Crippen molar-refractivity contribution in [3.63, 3.8) is 0 Å². The van der Waals surface area contributed by atoms with Crippen LogP contribution in [0.3, 0.4) is 0 Å². The van der Waals surface area contributed by atoms with E-state index in [0.29, 0.717) is 31.8 Å². The summed E-state index contributed by atoms with van der Waals surface area (Å²) in [6.45, 7) is 10.4. The van der Waals surface area contributed by atoms with Crippen LogP contribution in [0.2, 0.25) is 0 Å². The van der Waals surface area contributed by atoms with Gasteiger partial charge in [0.25, 0.3) is 0 Å². The van der Waals surface area contributed by atoms with E-state index in [9.17, 15) is 14.4 Å². The molecule has 0 unspecified atom stereocenters. The van der Waals surface area contributed by atoms with Crippen LogP contribution in [0.4, 0.5) is 4.79 Å². The van der Waals surface area contributed by atoms with Crippen molar-refractivity contribution < 1.29 is 19.1 Å². The SMILES string of the molecule is CC(C)/C=C/C(=O)N1CCC(NC(=O)CNC(=O)OC(C)(C)C)CC1. The summed E-state index contributed by atoms with van der Waals surface area (Å²) in [4.78, 5) is 37.2. The molecular weight excluding hydrogens is 322 g/mol. The van der Waals surface area contributed by atoms with Gasteiger partial charge in [-0.3, -0.25) is 9.59 Å². The number of likely N-dealkylation sites (tertiary alicyclic amines) is 1. The maximum atomic E-state index is 12.0. The molecule has 1 aliphatic heterocycles. The highest BCUT2D eigenvalue weighted by Crippen LogP contribution is 2.11. The summed E-state index contributed by atoms with van der Waals surface area (Å²) < 4.78 is 5.08. The lowest BCUT2D eigenvalue weighted by Crippen LogP contribution is -2.48. The van der Waals surface area contributed by atoms with Crippen molar-refractivity contribution in [1.82, 2.24) is 15.5 Å². The van der Waals surface area contributed by atoms with Gasteiger partial charge in [-0.2, -0.15) is 0 Å². The number of carbonyl (C=O) groups excluding carboxylic acids is 3. The summed E-state index contributed by atoms with van der Waals surface area (Å²) in [5, 5.41) is 5.32. The molecule has 142 valence electrons. The summed E-state index contributed by atoms with van der Waals surface area (Å²) in [5.74, 6) is 0.110. The Labute approximate surface area is 150 Å². The van der Waals surface area contributed by atoms with Crippen LogP contribution in [0.5, 0.6) is 0 Å². The molecule has 1 fully saturated rings. The molecule has 3 amide bonds. The smallest absolute Gasteiger partial charge is 0.408 e. The molecule has 1 rings (SSSR count). The zero-order valence-corrected chi connectivity index (χ0v) is 15.9. The Morgan fingerprint density at radius 2 is 1.80 bits per heavy atom. The average molecular weight is 353 g/mol. The topological polar surface area (TPSA) is 87.7 Å². The Kier molecular flexibility index (Phi) is 7.93. The number of hydrogen-bond donors (Lipinski definition) is 2. The van der Waals surface area contributed by atoms with E-state index in [2.05, 4.69) is 10.6 Å². The van der Waals surface area contributed by atoms with E-state index >= 15 is 0 Å². The first kappa shape index (κ1) is 21.0. The zero-order valence-electron chi connectivity index (χ0n) is 15.9. The summed E-state index contributed by atoms with van der Waals surface area (Å²) in [6, 6.07) is 0.0195. The predicted octanol–water partition coefficient (Wildman–Crippen LogP) is 1.83. The van der Waals surface area contributed by atoms with Crippen molar-refractivity contribution in [3.8, 4) is 0 Å². The van der Waals surface area contributed by atoms with Crippen LogP contribution in [0.15, 0.2) is 12.2 Å². The summed E-state index contributed by atoms with van der Waals surface area (Å²) >= 11 is 0. The minimum absolute atomic E-state index is 0.0186. The van der Waals surface area contributed by atoms with Crippen LogP contribution in [-0.4, -0.2) is 54.1 Å². The molecule has 2 N–H and O–H groups in total. The second-order valence-corrected chi connectivity index (χ2v) is 7.63. The van der Waals surface area contributed by atoms with E-state index in [1.165, 1.54) is 0 Å². The fraction of sp³-hybridized carbons (Fsp3) is 0.722. The third-order valence-corrected chi connectivity index (χ3v) is 3.59. The largest absolute Gasteiger partial charge is 0.444 e. The van der Waals surface area contributed by atoms with Crippen molar-refractivity contribution in [2.45, 2.75) is 59.1 Å². The Morgan fingerprint density at radius 3 is 2.32 bits per heavy atom. The summed E-state index contributed by atoms with van der Waals surface area (Å²) in [6.07, 6.45) is 4.31. The van der Waals surface area contributed by atoms with Crippen molar-refractivity contribution in [2.24, 2.45) is 5.92 Å². The van der Waals surface area contributed by atoms with Crippen molar-refractivity contribution in [3.05, 3.63) is 12.2 Å². The van der Waals surface area contributed by atoms with Gasteiger partial charge in [-0.15, -0.1) is 0 Å². The van der Waals surface area contributed by atoms with E-state index in [0.717, 1.165) is 0 Å². The summed E-state index contributed by atoms with van der Waals surface area (Å²) in [5.41, 5.74) is -0.593. The molecule has 25 heavy (non-hydrogen) atoms. The highest BCUT2D eigenvalue weighted by molar-refractivity contribution is 5.87. The molecule has 0 saturated carbocycles. The van der Waals surface area contributed by atoms with E-state index in [1.54, 1.807) is 31.7 Å². The highest BCUT2D eigenvalue weighted by atomic mass is 16.6. The lowest BCUT2D eigenvalue weighted by Gasteiger charge is -2.31. The number of rotatable bonds is 5. The molecule has 1 saturated heterocycles. The monoisotopic (exact) mass is 353 g/mol. The van der Waals surface area contributed by atoms with Crippen molar-refractivity contribution in [1.29, 1.82) is 0 Å². The quantitative estimate of drug-likeness (QED) is 0.738. The van der Waals surface area contributed by atoms with Crippen molar-refractivity contribution in [2.75, 3.05) is 19.6 Å². The number of ether oxygens (including phenoxy) is 1. The van der Waals surface area contributed by atoms with E-state index < -0.39 is 11.7 Å². The molecule has 0 spiro atoms. The fourth-order valence-corrected chi connectivity index (χ4v) is 2.37. The molecule has 0 atom stereocenters. The molecule has 7 heteroatoms. The van der Waals surface area contributed by atoms with Crippen LogP contribution in [0.1, 0.15) is 47.5 Å². The number of hydrogen-bond acceptors (Lipinski definition) is 4. The number of amides is 3. The molecule has 0 aliphatic carbocycles. The first-order valence-corrected chi connectivity index (χ1v) is 8.80. The molecular formula is C18H31N3O4. The van der Waals surface area contributed by atoms with Gasteiger partial charge in [-0.1, -0.05) is 19.9 Å². The van der Waals surface area contributed by atoms with Gasteiger partial charge in [-0.25, -0.2) is 4.79 Å². The number of alkyl carbamates (subject to hydrolysis) is 1. The normalized spacial score (nSPS) is 16.2. The third-order valence-electron chi connectivity index (χ3n) is 3.59. The maximum Gasteiger partial charge on any atom is 0.408 e. The van der Waals surface area contributed by atoms with Gasteiger partial charge in [0.05, 0.1) is 0 Å². The Bertz CT molecular complexity index is 501. The lowest BCUT2D eigenvalue weighted by molar-refractivity contribution is -0.127. The Hall–Kier alpha value is -2.05. The predicted molar refractivity (Wildman–Crippen MR) is 96.0 cm³/mol. The zero-order chi connectivity index (χ0) is 19.0. The fourth-order valence-electron chi connectivity index (χ4n) is 2.37. The first-order valence-electron chi connectivity index (χ1n) is 8.80. The summed E-state index contributed by atoms with van der Waals surface area (Å²) in [7, 11) is 0. The van der Waals surface area contributed by atoms with Gasteiger partial charge < -0.3 is 20.3 Å². The minimum Gasteiger partial charge on any atom is -0.444 e. The van der Waals surface area contributed by atoms with Gasteiger partial charge in [0.2, 0.25) is 11.8 Å². The van der Waals surface area contributed by atoms with E-state index in [1.807, 2.05) is 19.9 Å². The molecule has 0 aromatic heterocycles. The van der Waals surface area contributed by atoms with E-state index in [-0.39, 0.29) is 24.4 Å². The molecule has 0 bridgehead atoms. The minimum atomic E-state index is -0.611. The number of piperidine rings is 1. The lowest BCUT2D eigenvalue weighted by atomic mass is 10.0. The second-order valence-electron chi connectivity index (χ2n) is 7.63. The average Bonchev–Trinajstić information content (AvgIpc) is 2.49. The van der Waals surface area contributed by atoms with Gasteiger partial charge in [0, 0.05) is 19.1 Å². The van der Waals surface area contributed by atoms with Gasteiger partial charge in [0.15, 0.2) is 0 Å². The Morgan fingerprint density at radius 1 is 1.20 bits per heavy atom. The van der Waals surface area contributed by atoms with Gasteiger partial charge >= 0.3 is 6.09 Å². The third kappa shape index (κ3) is 9.12. The number of nitrogens with one attached hydrogen (secondary N) is 2. The highest BCUT2D eigenvalue weighted by Gasteiger charge is 2.23. The number of allylic oxidation sites excluding steroid dienone is 1. The van der Waals surface area contributed by atoms with Gasteiger partial charge in [-0.05, 0) is 45.6 Å². The molecule has 1 heterocycles. The van der Waals surface area contributed by atoms with E-state index in [4.69, 9.17) is 4.74 Å². The van der Waals surface area contributed by atoms with Crippen LogP contribution < -0.4 is 10.6 Å². The Balaban J connectivity index is 2.28. The molecule has 0 radical (unpaired) electrons.